The highest BCUT2D eigenvalue weighted by atomic mass is 16.5. The van der Waals surface area contributed by atoms with Crippen molar-refractivity contribution in [3.05, 3.63) is 18.2 Å². The SMILES string of the molecule is COc1[c]ccc(N2CCNCC2)n1. The average Bonchev–Trinajstić information content (AvgIpc) is 2.30. The minimum atomic E-state index is 0.557. The average molecular weight is 192 g/mol. The first-order valence-electron chi connectivity index (χ1n) is 4.78. The molecule has 2 rings (SSSR count). The zero-order valence-corrected chi connectivity index (χ0v) is 8.29. The first-order valence-corrected chi connectivity index (χ1v) is 4.78. The van der Waals surface area contributed by atoms with Gasteiger partial charge in [0.05, 0.1) is 7.11 Å². The Kier molecular flexibility index (Phi) is 2.84. The van der Waals surface area contributed by atoms with Crippen LogP contribution in [0.15, 0.2) is 12.1 Å². The van der Waals surface area contributed by atoms with Crippen LogP contribution in [0.3, 0.4) is 0 Å². The number of nitrogens with zero attached hydrogens (tertiary/aromatic N) is 2. The Morgan fingerprint density at radius 2 is 2.29 bits per heavy atom. The number of piperazine rings is 1. The van der Waals surface area contributed by atoms with E-state index in [0.29, 0.717) is 5.88 Å². The lowest BCUT2D eigenvalue weighted by Crippen LogP contribution is -2.43. The molecule has 4 heteroatoms. The lowest BCUT2D eigenvalue weighted by atomic mass is 10.3. The predicted octanol–water partition coefficient (Wildman–Crippen LogP) is 0.300. The van der Waals surface area contributed by atoms with Gasteiger partial charge in [0, 0.05) is 32.2 Å². The molecule has 0 atom stereocenters. The molecule has 1 aromatic rings. The summed E-state index contributed by atoms with van der Waals surface area (Å²) in [5, 5.41) is 3.30. The zero-order valence-electron chi connectivity index (χ0n) is 8.29. The van der Waals surface area contributed by atoms with E-state index in [1.54, 1.807) is 7.11 Å². The fraction of sp³-hybridized carbons (Fsp3) is 0.500. The van der Waals surface area contributed by atoms with E-state index in [1.165, 1.54) is 0 Å². The fourth-order valence-corrected chi connectivity index (χ4v) is 1.54. The summed E-state index contributed by atoms with van der Waals surface area (Å²) < 4.78 is 5.04. The number of hydrogen-bond donors (Lipinski definition) is 1. The van der Waals surface area contributed by atoms with E-state index in [-0.39, 0.29) is 0 Å². The van der Waals surface area contributed by atoms with Crippen LogP contribution in [0.1, 0.15) is 0 Å². The van der Waals surface area contributed by atoms with Gasteiger partial charge in [-0.2, -0.15) is 4.98 Å². The Balaban J connectivity index is 2.13. The van der Waals surface area contributed by atoms with Gasteiger partial charge < -0.3 is 15.0 Å². The van der Waals surface area contributed by atoms with Crippen molar-refractivity contribution >= 4 is 5.82 Å². The summed E-state index contributed by atoms with van der Waals surface area (Å²) in [6, 6.07) is 6.74. The number of anilines is 1. The van der Waals surface area contributed by atoms with Crippen molar-refractivity contribution in [1.29, 1.82) is 0 Å². The highest BCUT2D eigenvalue weighted by Gasteiger charge is 2.11. The monoisotopic (exact) mass is 192 g/mol. The first kappa shape index (κ1) is 9.27. The molecule has 1 saturated heterocycles. The number of rotatable bonds is 2. The van der Waals surface area contributed by atoms with E-state index in [1.807, 2.05) is 12.1 Å². The van der Waals surface area contributed by atoms with Crippen LogP contribution in [-0.2, 0) is 0 Å². The molecule has 1 radical (unpaired) electrons. The van der Waals surface area contributed by atoms with Crippen molar-refractivity contribution < 1.29 is 4.74 Å². The fourth-order valence-electron chi connectivity index (χ4n) is 1.54. The van der Waals surface area contributed by atoms with E-state index in [2.05, 4.69) is 21.3 Å². The molecule has 1 aromatic heterocycles. The van der Waals surface area contributed by atoms with E-state index < -0.39 is 0 Å². The molecule has 1 N–H and O–H groups in total. The van der Waals surface area contributed by atoms with Crippen LogP contribution in [0, 0.1) is 6.07 Å². The molecule has 0 unspecified atom stereocenters. The van der Waals surface area contributed by atoms with Crippen LogP contribution >= 0.6 is 0 Å². The summed E-state index contributed by atoms with van der Waals surface area (Å²) in [7, 11) is 1.61. The van der Waals surface area contributed by atoms with E-state index >= 15 is 0 Å². The van der Waals surface area contributed by atoms with Gasteiger partial charge in [0.2, 0.25) is 5.88 Å². The molecule has 1 fully saturated rings. The number of methoxy groups -OCH3 is 1. The van der Waals surface area contributed by atoms with E-state index in [0.717, 1.165) is 32.0 Å². The number of nitrogens with one attached hydrogen (secondary N) is 1. The van der Waals surface area contributed by atoms with E-state index in [4.69, 9.17) is 4.74 Å². The zero-order chi connectivity index (χ0) is 9.80. The normalized spacial score (nSPS) is 16.8. The molecular weight excluding hydrogens is 178 g/mol. The maximum absolute atomic E-state index is 5.04. The molecule has 0 spiro atoms. The Bertz CT molecular complexity index is 297. The van der Waals surface area contributed by atoms with Crippen molar-refractivity contribution in [2.24, 2.45) is 0 Å². The Hall–Kier alpha value is -1.29. The minimum Gasteiger partial charge on any atom is -0.480 e. The summed E-state index contributed by atoms with van der Waals surface area (Å²) in [5.41, 5.74) is 0. The third-order valence-electron chi connectivity index (χ3n) is 2.29. The largest absolute Gasteiger partial charge is 0.480 e. The lowest BCUT2D eigenvalue weighted by molar-refractivity contribution is 0.396. The first-order chi connectivity index (χ1) is 6.90. The van der Waals surface area contributed by atoms with Gasteiger partial charge >= 0.3 is 0 Å². The summed E-state index contributed by atoms with van der Waals surface area (Å²) >= 11 is 0. The Morgan fingerprint density at radius 3 is 3.00 bits per heavy atom. The number of hydrogen-bond acceptors (Lipinski definition) is 4. The van der Waals surface area contributed by atoms with Crippen LogP contribution < -0.4 is 15.0 Å². The summed E-state index contributed by atoms with van der Waals surface area (Å²) in [5.74, 6) is 1.53. The van der Waals surface area contributed by atoms with Crippen molar-refractivity contribution in [3.8, 4) is 5.88 Å². The second kappa shape index (κ2) is 4.28. The molecule has 14 heavy (non-hydrogen) atoms. The summed E-state index contributed by atoms with van der Waals surface area (Å²) in [6.45, 7) is 4.03. The smallest absolute Gasteiger partial charge is 0.223 e. The third kappa shape index (κ3) is 1.96. The van der Waals surface area contributed by atoms with Crippen molar-refractivity contribution in [2.45, 2.75) is 0 Å². The van der Waals surface area contributed by atoms with Crippen molar-refractivity contribution in [3.63, 3.8) is 0 Å². The number of ether oxygens (including phenoxy) is 1. The van der Waals surface area contributed by atoms with Gasteiger partial charge in [-0.25, -0.2) is 0 Å². The standard InChI is InChI=1S/C10H14N3O/c1-14-10-4-2-3-9(12-10)13-7-5-11-6-8-13/h2-3,11H,5-8H2,1H3. The van der Waals surface area contributed by atoms with Crippen LogP contribution in [0.25, 0.3) is 0 Å². The molecule has 0 amide bonds. The van der Waals surface area contributed by atoms with Gasteiger partial charge in [-0.15, -0.1) is 0 Å². The molecule has 0 bridgehead atoms. The highest BCUT2D eigenvalue weighted by Crippen LogP contribution is 2.14. The van der Waals surface area contributed by atoms with Gasteiger partial charge in [0.1, 0.15) is 5.82 Å². The highest BCUT2D eigenvalue weighted by molar-refractivity contribution is 5.40. The van der Waals surface area contributed by atoms with Gasteiger partial charge in [0.25, 0.3) is 0 Å². The van der Waals surface area contributed by atoms with Crippen molar-refractivity contribution in [1.82, 2.24) is 10.3 Å². The quantitative estimate of drug-likeness (QED) is 0.731. The molecule has 4 nitrogen and oxygen atoms in total. The summed E-state index contributed by atoms with van der Waals surface area (Å²) in [6.07, 6.45) is 0. The maximum Gasteiger partial charge on any atom is 0.223 e. The summed E-state index contributed by atoms with van der Waals surface area (Å²) in [4.78, 5) is 6.58. The van der Waals surface area contributed by atoms with Gasteiger partial charge in [-0.1, -0.05) is 0 Å². The second-order valence-corrected chi connectivity index (χ2v) is 3.19. The van der Waals surface area contributed by atoms with Crippen molar-refractivity contribution in [2.75, 3.05) is 38.2 Å². The maximum atomic E-state index is 5.04. The third-order valence-corrected chi connectivity index (χ3v) is 2.29. The predicted molar refractivity (Wildman–Crippen MR) is 54.7 cm³/mol. The molecular formula is C10H14N3O. The van der Waals surface area contributed by atoms with Gasteiger partial charge in [0.15, 0.2) is 0 Å². The Labute approximate surface area is 83.9 Å². The van der Waals surface area contributed by atoms with Gasteiger partial charge in [-0.05, 0) is 12.1 Å². The van der Waals surface area contributed by atoms with E-state index in [9.17, 15) is 0 Å². The van der Waals surface area contributed by atoms with Crippen LogP contribution in [0.4, 0.5) is 5.82 Å². The molecule has 1 aliphatic rings. The molecule has 0 aromatic carbocycles. The molecule has 0 saturated carbocycles. The van der Waals surface area contributed by atoms with Crippen LogP contribution in [0.2, 0.25) is 0 Å². The molecule has 0 aliphatic carbocycles. The second-order valence-electron chi connectivity index (χ2n) is 3.19. The molecule has 1 aliphatic heterocycles. The van der Waals surface area contributed by atoms with Crippen LogP contribution in [-0.4, -0.2) is 38.3 Å². The number of aromatic nitrogens is 1. The Morgan fingerprint density at radius 1 is 1.50 bits per heavy atom. The van der Waals surface area contributed by atoms with Gasteiger partial charge in [-0.3, -0.25) is 0 Å². The van der Waals surface area contributed by atoms with Crippen LogP contribution in [0.5, 0.6) is 5.88 Å². The number of pyridine rings is 1. The lowest BCUT2D eigenvalue weighted by Gasteiger charge is -2.28. The topological polar surface area (TPSA) is 37.4 Å². The molecule has 2 heterocycles. The molecule has 75 valence electrons. The minimum absolute atomic E-state index is 0.557.